The Kier molecular flexibility index (Phi) is 5.15. The Hall–Kier alpha value is -3.13. The molecule has 2 aromatic heterocycles. The Labute approximate surface area is 160 Å². The summed E-state index contributed by atoms with van der Waals surface area (Å²) < 4.78 is 10.6. The first-order chi connectivity index (χ1) is 13.3. The van der Waals surface area contributed by atoms with Gasteiger partial charge in [0.15, 0.2) is 16.7 Å². The van der Waals surface area contributed by atoms with E-state index in [4.69, 9.17) is 9.47 Å². The van der Waals surface area contributed by atoms with E-state index >= 15 is 0 Å². The highest BCUT2D eigenvalue weighted by atomic mass is 32.2. The smallest absolute Gasteiger partial charge is 0.231 e. The predicted octanol–water partition coefficient (Wildman–Crippen LogP) is 2.68. The number of nitrogens with one attached hydrogen (secondary N) is 1. The van der Waals surface area contributed by atoms with E-state index in [2.05, 4.69) is 20.3 Å². The van der Waals surface area contributed by atoms with Gasteiger partial charge in [0.25, 0.3) is 0 Å². The molecule has 3 aromatic rings. The molecular weight excluding hydrogens is 364 g/mol. The van der Waals surface area contributed by atoms with E-state index in [1.165, 1.54) is 11.8 Å². The maximum absolute atomic E-state index is 12.1. The summed E-state index contributed by atoms with van der Waals surface area (Å²) in [4.78, 5) is 25.1. The van der Waals surface area contributed by atoms with Crippen LogP contribution in [0.4, 0.5) is 0 Å². The molecule has 136 valence electrons. The van der Waals surface area contributed by atoms with Crippen molar-refractivity contribution in [1.82, 2.24) is 20.3 Å². The molecule has 0 unspecified atom stereocenters. The molecule has 0 bridgehead atoms. The van der Waals surface area contributed by atoms with E-state index in [0.29, 0.717) is 17.5 Å². The van der Waals surface area contributed by atoms with Crippen molar-refractivity contribution >= 4 is 17.7 Å². The third kappa shape index (κ3) is 4.35. The van der Waals surface area contributed by atoms with Gasteiger partial charge < -0.3 is 14.8 Å². The fourth-order valence-electron chi connectivity index (χ4n) is 2.50. The first-order valence-corrected chi connectivity index (χ1v) is 9.29. The molecule has 0 aliphatic carbocycles. The summed E-state index contributed by atoms with van der Waals surface area (Å²) in [5.74, 6) is 1.57. The van der Waals surface area contributed by atoms with Crippen LogP contribution in [0.2, 0.25) is 0 Å². The standard InChI is InChI=1S/C19H16N4O3S/c24-18(22-10-13-4-5-16-17(9-13)26-12-25-16)11-27-19-21-8-6-15(23-19)14-3-1-2-7-20-14/h1-9H,10-12H2,(H,22,24). The van der Waals surface area contributed by atoms with Crippen LogP contribution in [0.15, 0.2) is 60.0 Å². The van der Waals surface area contributed by atoms with Gasteiger partial charge in [-0.1, -0.05) is 23.9 Å². The van der Waals surface area contributed by atoms with Crippen LogP contribution in [0.25, 0.3) is 11.4 Å². The number of amides is 1. The van der Waals surface area contributed by atoms with Crippen molar-refractivity contribution < 1.29 is 14.3 Å². The fraction of sp³-hybridized carbons (Fsp3) is 0.158. The normalized spacial score (nSPS) is 12.0. The molecule has 0 spiro atoms. The highest BCUT2D eigenvalue weighted by Crippen LogP contribution is 2.32. The van der Waals surface area contributed by atoms with E-state index < -0.39 is 0 Å². The van der Waals surface area contributed by atoms with Gasteiger partial charge in [-0.2, -0.15) is 0 Å². The second-order valence-corrected chi connectivity index (χ2v) is 6.63. The number of pyridine rings is 1. The summed E-state index contributed by atoms with van der Waals surface area (Å²) in [6.45, 7) is 0.657. The van der Waals surface area contributed by atoms with E-state index in [1.807, 2.05) is 36.4 Å². The lowest BCUT2D eigenvalue weighted by molar-refractivity contribution is -0.118. The van der Waals surface area contributed by atoms with Gasteiger partial charge in [0, 0.05) is 18.9 Å². The average Bonchev–Trinajstić information content (AvgIpc) is 3.19. The lowest BCUT2D eigenvalue weighted by Gasteiger charge is -2.06. The lowest BCUT2D eigenvalue weighted by Crippen LogP contribution is -2.24. The minimum atomic E-state index is -0.0930. The molecule has 1 aliphatic heterocycles. The molecule has 7 nitrogen and oxygen atoms in total. The first kappa shape index (κ1) is 17.3. The van der Waals surface area contributed by atoms with Gasteiger partial charge in [0.1, 0.15) is 0 Å². The van der Waals surface area contributed by atoms with Crippen LogP contribution in [0.5, 0.6) is 11.5 Å². The zero-order valence-corrected chi connectivity index (χ0v) is 15.1. The number of carbonyl (C=O) groups excluding carboxylic acids is 1. The summed E-state index contributed by atoms with van der Waals surface area (Å²) in [6, 6.07) is 13.1. The Morgan fingerprint density at radius 2 is 1.96 bits per heavy atom. The summed E-state index contributed by atoms with van der Waals surface area (Å²) in [7, 11) is 0. The van der Waals surface area contributed by atoms with Crippen molar-refractivity contribution in [2.45, 2.75) is 11.7 Å². The number of nitrogens with zero attached hydrogens (tertiary/aromatic N) is 3. The molecule has 0 saturated carbocycles. The molecule has 27 heavy (non-hydrogen) atoms. The van der Waals surface area contributed by atoms with Gasteiger partial charge in [-0.15, -0.1) is 0 Å². The van der Waals surface area contributed by atoms with Crippen molar-refractivity contribution in [3.8, 4) is 22.9 Å². The summed E-state index contributed by atoms with van der Waals surface area (Å²) in [6.07, 6.45) is 3.39. The summed E-state index contributed by atoms with van der Waals surface area (Å²) in [5, 5.41) is 3.42. The Bertz CT molecular complexity index is 953. The van der Waals surface area contributed by atoms with Crippen LogP contribution < -0.4 is 14.8 Å². The molecule has 1 aromatic carbocycles. The maximum Gasteiger partial charge on any atom is 0.231 e. The molecule has 0 radical (unpaired) electrons. The maximum atomic E-state index is 12.1. The zero-order valence-electron chi connectivity index (χ0n) is 14.3. The number of carbonyl (C=O) groups is 1. The predicted molar refractivity (Wildman–Crippen MR) is 100 cm³/mol. The van der Waals surface area contributed by atoms with E-state index in [0.717, 1.165) is 22.7 Å². The molecule has 1 amide bonds. The molecule has 8 heteroatoms. The van der Waals surface area contributed by atoms with Crippen molar-refractivity contribution in [3.05, 3.63) is 60.4 Å². The summed E-state index contributed by atoms with van der Waals surface area (Å²) >= 11 is 1.29. The highest BCUT2D eigenvalue weighted by Gasteiger charge is 2.13. The number of hydrogen-bond acceptors (Lipinski definition) is 7. The van der Waals surface area contributed by atoms with Crippen LogP contribution >= 0.6 is 11.8 Å². The van der Waals surface area contributed by atoms with Gasteiger partial charge in [0.2, 0.25) is 12.7 Å². The highest BCUT2D eigenvalue weighted by molar-refractivity contribution is 7.99. The van der Waals surface area contributed by atoms with Gasteiger partial charge in [-0.05, 0) is 35.9 Å². The van der Waals surface area contributed by atoms with E-state index in [1.54, 1.807) is 18.5 Å². The number of fused-ring (bicyclic) bond motifs is 1. The number of benzene rings is 1. The van der Waals surface area contributed by atoms with Crippen LogP contribution in [0.3, 0.4) is 0 Å². The molecule has 0 atom stereocenters. The quantitative estimate of drug-likeness (QED) is 0.520. The Balaban J connectivity index is 1.30. The monoisotopic (exact) mass is 380 g/mol. The molecule has 4 rings (SSSR count). The summed E-state index contributed by atoms with van der Waals surface area (Å²) in [5.41, 5.74) is 2.45. The second kappa shape index (κ2) is 8.05. The van der Waals surface area contributed by atoms with Crippen molar-refractivity contribution in [2.24, 2.45) is 0 Å². The van der Waals surface area contributed by atoms with Gasteiger partial charge in [-0.3, -0.25) is 9.78 Å². The van der Waals surface area contributed by atoms with Crippen molar-refractivity contribution in [3.63, 3.8) is 0 Å². The van der Waals surface area contributed by atoms with Gasteiger partial charge in [-0.25, -0.2) is 9.97 Å². The minimum Gasteiger partial charge on any atom is -0.454 e. The SMILES string of the molecule is O=C(CSc1nccc(-c2ccccn2)n1)NCc1ccc2c(c1)OCO2. The van der Waals surface area contributed by atoms with Crippen LogP contribution in [-0.2, 0) is 11.3 Å². The number of ether oxygens (including phenoxy) is 2. The molecule has 1 aliphatic rings. The fourth-order valence-corrected chi connectivity index (χ4v) is 3.16. The first-order valence-electron chi connectivity index (χ1n) is 8.30. The van der Waals surface area contributed by atoms with Gasteiger partial charge >= 0.3 is 0 Å². The topological polar surface area (TPSA) is 86.2 Å². The third-order valence-electron chi connectivity index (χ3n) is 3.82. The van der Waals surface area contributed by atoms with Crippen LogP contribution in [0, 0.1) is 0 Å². The van der Waals surface area contributed by atoms with E-state index in [9.17, 15) is 4.79 Å². The van der Waals surface area contributed by atoms with Crippen LogP contribution in [-0.4, -0.2) is 33.4 Å². The minimum absolute atomic E-state index is 0.0930. The number of aromatic nitrogens is 3. The third-order valence-corrected chi connectivity index (χ3v) is 4.68. The largest absolute Gasteiger partial charge is 0.454 e. The van der Waals surface area contributed by atoms with E-state index in [-0.39, 0.29) is 18.5 Å². The van der Waals surface area contributed by atoms with Crippen molar-refractivity contribution in [1.29, 1.82) is 0 Å². The number of thioether (sulfide) groups is 1. The number of hydrogen-bond donors (Lipinski definition) is 1. The molecule has 0 saturated heterocycles. The van der Waals surface area contributed by atoms with Crippen LogP contribution in [0.1, 0.15) is 5.56 Å². The molecular formula is C19H16N4O3S. The molecule has 1 N–H and O–H groups in total. The molecule has 3 heterocycles. The average molecular weight is 380 g/mol. The van der Waals surface area contributed by atoms with Crippen molar-refractivity contribution in [2.75, 3.05) is 12.5 Å². The number of rotatable bonds is 6. The Morgan fingerprint density at radius 1 is 1.04 bits per heavy atom. The van der Waals surface area contributed by atoms with Gasteiger partial charge in [0.05, 0.1) is 17.1 Å². The second-order valence-electron chi connectivity index (χ2n) is 5.69. The molecule has 0 fully saturated rings. The lowest BCUT2D eigenvalue weighted by atomic mass is 10.2. The Morgan fingerprint density at radius 3 is 2.85 bits per heavy atom. The zero-order chi connectivity index (χ0) is 18.5.